The van der Waals surface area contributed by atoms with Gasteiger partial charge in [0.2, 0.25) is 0 Å². The maximum absolute atomic E-state index is 12.1. The second-order valence-corrected chi connectivity index (χ2v) is 4.84. The molecule has 0 saturated heterocycles. The van der Waals surface area contributed by atoms with E-state index in [1.807, 2.05) is 36.4 Å². The molecule has 5 nitrogen and oxygen atoms in total. The zero-order valence-corrected chi connectivity index (χ0v) is 12.9. The van der Waals surface area contributed by atoms with Gasteiger partial charge in [0.1, 0.15) is 24.7 Å². The number of rotatable bonds is 9. The Morgan fingerprint density at radius 3 is 2.43 bits per heavy atom. The normalized spacial score (nSPS) is 10.1. The summed E-state index contributed by atoms with van der Waals surface area (Å²) in [7, 11) is 0. The summed E-state index contributed by atoms with van der Waals surface area (Å²) in [4.78, 5) is 12.1. The standard InChI is InChI=1S/C18H21NO4/c20-12-6-11-19-18(21)16-9-4-5-10-17(16)23-14-13-22-15-7-2-1-3-8-15/h1-5,7-10,20H,6,11-14H2,(H,19,21). The van der Waals surface area contributed by atoms with Gasteiger partial charge in [-0.1, -0.05) is 30.3 Å². The highest BCUT2D eigenvalue weighted by Gasteiger charge is 2.11. The second kappa shape index (κ2) is 9.48. The fraction of sp³-hybridized carbons (Fsp3) is 0.278. The maximum atomic E-state index is 12.1. The molecule has 2 N–H and O–H groups in total. The number of aliphatic hydroxyl groups is 1. The van der Waals surface area contributed by atoms with Crippen molar-refractivity contribution < 1.29 is 19.4 Å². The van der Waals surface area contributed by atoms with Crippen LogP contribution in [0, 0.1) is 0 Å². The fourth-order valence-corrected chi connectivity index (χ4v) is 1.98. The van der Waals surface area contributed by atoms with Crippen LogP contribution in [0.5, 0.6) is 11.5 Å². The third kappa shape index (κ3) is 5.64. The van der Waals surface area contributed by atoms with E-state index >= 15 is 0 Å². The lowest BCUT2D eigenvalue weighted by Gasteiger charge is -2.12. The minimum absolute atomic E-state index is 0.0508. The summed E-state index contributed by atoms with van der Waals surface area (Å²) in [5.41, 5.74) is 0.477. The fourth-order valence-electron chi connectivity index (χ4n) is 1.98. The first-order valence-corrected chi connectivity index (χ1v) is 7.60. The molecule has 0 unspecified atom stereocenters. The molecule has 1 amide bonds. The Morgan fingerprint density at radius 2 is 1.65 bits per heavy atom. The van der Waals surface area contributed by atoms with Crippen molar-refractivity contribution in [3.05, 3.63) is 60.2 Å². The van der Waals surface area contributed by atoms with Gasteiger partial charge in [0, 0.05) is 13.2 Å². The molecule has 122 valence electrons. The van der Waals surface area contributed by atoms with Crippen LogP contribution < -0.4 is 14.8 Å². The van der Waals surface area contributed by atoms with E-state index in [0.29, 0.717) is 37.5 Å². The molecule has 0 aromatic heterocycles. The molecule has 0 spiro atoms. The van der Waals surface area contributed by atoms with Gasteiger partial charge in [-0.15, -0.1) is 0 Å². The zero-order valence-electron chi connectivity index (χ0n) is 12.9. The highest BCUT2D eigenvalue weighted by molar-refractivity contribution is 5.96. The van der Waals surface area contributed by atoms with Crippen molar-refractivity contribution in [1.82, 2.24) is 5.32 Å². The molecule has 2 aromatic carbocycles. The second-order valence-electron chi connectivity index (χ2n) is 4.84. The Balaban J connectivity index is 1.83. The summed E-state index contributed by atoms with van der Waals surface area (Å²) in [5.74, 6) is 1.09. The summed E-state index contributed by atoms with van der Waals surface area (Å²) in [5, 5.41) is 11.5. The SMILES string of the molecule is O=C(NCCCO)c1ccccc1OCCOc1ccccc1. The Labute approximate surface area is 135 Å². The lowest BCUT2D eigenvalue weighted by Crippen LogP contribution is -2.25. The van der Waals surface area contributed by atoms with Gasteiger partial charge >= 0.3 is 0 Å². The van der Waals surface area contributed by atoms with Crippen LogP contribution in [0.15, 0.2) is 54.6 Å². The Morgan fingerprint density at radius 1 is 0.957 bits per heavy atom. The van der Waals surface area contributed by atoms with Crippen molar-refractivity contribution in [1.29, 1.82) is 0 Å². The first-order chi connectivity index (χ1) is 11.3. The monoisotopic (exact) mass is 315 g/mol. The summed E-state index contributed by atoms with van der Waals surface area (Å²) in [6.07, 6.45) is 0.527. The number of carbonyl (C=O) groups excluding carboxylic acids is 1. The molecule has 2 rings (SSSR count). The molecule has 23 heavy (non-hydrogen) atoms. The number of amides is 1. The van der Waals surface area contributed by atoms with Gasteiger partial charge in [0.15, 0.2) is 0 Å². The number of benzene rings is 2. The summed E-state index contributed by atoms with van der Waals surface area (Å²) >= 11 is 0. The summed E-state index contributed by atoms with van der Waals surface area (Å²) in [6.45, 7) is 1.22. The highest BCUT2D eigenvalue weighted by Crippen LogP contribution is 2.18. The van der Waals surface area contributed by atoms with Crippen LogP contribution in [0.1, 0.15) is 16.8 Å². The molecule has 0 bridgehead atoms. The average molecular weight is 315 g/mol. The molecule has 5 heteroatoms. The lowest BCUT2D eigenvalue weighted by molar-refractivity contribution is 0.0946. The van der Waals surface area contributed by atoms with Crippen molar-refractivity contribution in [2.45, 2.75) is 6.42 Å². The van der Waals surface area contributed by atoms with Crippen molar-refractivity contribution in [3.63, 3.8) is 0 Å². The number of ether oxygens (including phenoxy) is 2. The molecule has 2 aromatic rings. The van der Waals surface area contributed by atoms with Gasteiger partial charge < -0.3 is 19.9 Å². The van der Waals surface area contributed by atoms with Crippen molar-refractivity contribution in [3.8, 4) is 11.5 Å². The Kier molecular flexibility index (Phi) is 6.94. The summed E-state index contributed by atoms with van der Waals surface area (Å²) < 4.78 is 11.2. The van der Waals surface area contributed by atoms with Gasteiger partial charge in [-0.3, -0.25) is 4.79 Å². The maximum Gasteiger partial charge on any atom is 0.255 e. The van der Waals surface area contributed by atoms with Gasteiger partial charge in [-0.25, -0.2) is 0 Å². The van der Waals surface area contributed by atoms with Gasteiger partial charge in [-0.2, -0.15) is 0 Å². The minimum Gasteiger partial charge on any atom is -0.490 e. The number of carbonyl (C=O) groups is 1. The molecule has 0 aliphatic heterocycles. The molecule has 0 fully saturated rings. The predicted molar refractivity (Wildman–Crippen MR) is 87.9 cm³/mol. The van der Waals surface area contributed by atoms with Crippen LogP contribution in [0.4, 0.5) is 0 Å². The smallest absolute Gasteiger partial charge is 0.255 e. The molecule has 0 aliphatic rings. The predicted octanol–water partition coefficient (Wildman–Crippen LogP) is 2.26. The third-order valence-electron chi connectivity index (χ3n) is 3.10. The Hall–Kier alpha value is -2.53. The van der Waals surface area contributed by atoms with Crippen LogP contribution >= 0.6 is 0 Å². The number of nitrogens with one attached hydrogen (secondary N) is 1. The van der Waals surface area contributed by atoms with E-state index in [4.69, 9.17) is 14.6 Å². The van der Waals surface area contributed by atoms with E-state index in [-0.39, 0.29) is 12.5 Å². The highest BCUT2D eigenvalue weighted by atomic mass is 16.5. The first-order valence-electron chi connectivity index (χ1n) is 7.60. The van der Waals surface area contributed by atoms with E-state index < -0.39 is 0 Å². The van der Waals surface area contributed by atoms with Crippen molar-refractivity contribution in [2.75, 3.05) is 26.4 Å². The molecule has 0 heterocycles. The topological polar surface area (TPSA) is 67.8 Å². The average Bonchev–Trinajstić information content (AvgIpc) is 2.60. The number of hydrogen-bond donors (Lipinski definition) is 2. The third-order valence-corrected chi connectivity index (χ3v) is 3.10. The van der Waals surface area contributed by atoms with E-state index in [9.17, 15) is 4.79 Å². The van der Waals surface area contributed by atoms with Gasteiger partial charge in [0.05, 0.1) is 5.56 Å². The first kappa shape index (κ1) is 16.8. The van der Waals surface area contributed by atoms with E-state index in [2.05, 4.69) is 5.32 Å². The van der Waals surface area contributed by atoms with Gasteiger partial charge in [0.25, 0.3) is 5.91 Å². The number of hydrogen-bond acceptors (Lipinski definition) is 4. The van der Waals surface area contributed by atoms with Crippen LogP contribution in [-0.2, 0) is 0 Å². The van der Waals surface area contributed by atoms with Crippen molar-refractivity contribution >= 4 is 5.91 Å². The zero-order chi connectivity index (χ0) is 16.3. The molecule has 0 radical (unpaired) electrons. The largest absolute Gasteiger partial charge is 0.490 e. The molecule has 0 aliphatic carbocycles. The Bertz CT molecular complexity index is 601. The van der Waals surface area contributed by atoms with Crippen LogP contribution in [0.2, 0.25) is 0 Å². The van der Waals surface area contributed by atoms with Crippen LogP contribution in [0.3, 0.4) is 0 Å². The van der Waals surface area contributed by atoms with E-state index in [1.165, 1.54) is 0 Å². The number of aliphatic hydroxyl groups excluding tert-OH is 1. The molecule has 0 saturated carbocycles. The van der Waals surface area contributed by atoms with Crippen molar-refractivity contribution in [2.24, 2.45) is 0 Å². The lowest BCUT2D eigenvalue weighted by atomic mass is 10.2. The molecular formula is C18H21NO4. The van der Waals surface area contributed by atoms with Crippen LogP contribution in [-0.4, -0.2) is 37.4 Å². The van der Waals surface area contributed by atoms with Crippen LogP contribution in [0.25, 0.3) is 0 Å². The molecule has 0 atom stereocenters. The minimum atomic E-state index is -0.210. The quantitative estimate of drug-likeness (QED) is 0.697. The number of para-hydroxylation sites is 2. The van der Waals surface area contributed by atoms with E-state index in [0.717, 1.165) is 5.75 Å². The van der Waals surface area contributed by atoms with E-state index in [1.54, 1.807) is 18.2 Å². The molecular weight excluding hydrogens is 294 g/mol. The van der Waals surface area contributed by atoms with Gasteiger partial charge in [-0.05, 0) is 30.7 Å². The summed E-state index contributed by atoms with van der Waals surface area (Å²) in [6, 6.07) is 16.6.